The highest BCUT2D eigenvalue weighted by molar-refractivity contribution is 7.89. The van der Waals surface area contributed by atoms with Crippen LogP contribution >= 0.6 is 23.2 Å². The second kappa shape index (κ2) is 8.81. The first kappa shape index (κ1) is 22.4. The van der Waals surface area contributed by atoms with E-state index in [0.717, 1.165) is 12.1 Å². The molecule has 0 spiro atoms. The van der Waals surface area contributed by atoms with E-state index in [9.17, 15) is 21.6 Å². The maximum atomic E-state index is 12.9. The predicted octanol–water partition coefficient (Wildman–Crippen LogP) is 5.83. The summed E-state index contributed by atoms with van der Waals surface area (Å²) in [6.45, 7) is -0.127. The van der Waals surface area contributed by atoms with Crippen LogP contribution in [0.5, 0.6) is 0 Å². The Kier molecular flexibility index (Phi) is 6.56. The Bertz CT molecular complexity index is 1170. The van der Waals surface area contributed by atoms with Crippen molar-refractivity contribution in [1.82, 2.24) is 4.72 Å². The average Bonchev–Trinajstić information content (AvgIpc) is 3.13. The summed E-state index contributed by atoms with van der Waals surface area (Å²) < 4.78 is 71.0. The van der Waals surface area contributed by atoms with E-state index in [0.29, 0.717) is 10.8 Å². The van der Waals surface area contributed by atoms with Crippen LogP contribution < -0.4 is 4.72 Å². The molecular weight excluding hydrogens is 464 g/mol. The Morgan fingerprint density at radius 2 is 1.73 bits per heavy atom. The van der Waals surface area contributed by atoms with Crippen LogP contribution in [-0.4, -0.2) is 14.6 Å². The summed E-state index contributed by atoms with van der Waals surface area (Å²) in [5, 5.41) is -0.0124. The first-order chi connectivity index (χ1) is 14.0. The van der Waals surface area contributed by atoms with Gasteiger partial charge in [0.05, 0.1) is 33.9 Å². The number of furan rings is 1. The SMILES string of the molecule is O=S(=O)(NCc1ccc(C=Nc2ccc(Cl)c(C(F)(F)F)c2)o1)c1ccc(Cl)cc1. The minimum Gasteiger partial charge on any atom is -0.459 e. The third kappa shape index (κ3) is 5.63. The molecule has 0 aliphatic carbocycles. The van der Waals surface area contributed by atoms with Gasteiger partial charge in [0.25, 0.3) is 0 Å². The van der Waals surface area contributed by atoms with Crippen molar-refractivity contribution >= 4 is 45.1 Å². The first-order valence-corrected chi connectivity index (χ1v) is 10.5. The summed E-state index contributed by atoms with van der Waals surface area (Å²) in [7, 11) is -3.77. The van der Waals surface area contributed by atoms with Gasteiger partial charge in [0.15, 0.2) is 0 Å². The van der Waals surface area contributed by atoms with Crippen molar-refractivity contribution < 1.29 is 26.0 Å². The van der Waals surface area contributed by atoms with Crippen molar-refractivity contribution in [2.45, 2.75) is 17.6 Å². The van der Waals surface area contributed by atoms with Crippen molar-refractivity contribution in [3.63, 3.8) is 0 Å². The lowest BCUT2D eigenvalue weighted by atomic mass is 10.2. The maximum absolute atomic E-state index is 12.9. The van der Waals surface area contributed by atoms with E-state index in [-0.39, 0.29) is 22.9 Å². The van der Waals surface area contributed by atoms with E-state index < -0.39 is 26.8 Å². The van der Waals surface area contributed by atoms with Gasteiger partial charge in [-0.05, 0) is 54.6 Å². The third-order valence-electron chi connectivity index (χ3n) is 3.84. The number of nitrogens with zero attached hydrogens (tertiary/aromatic N) is 1. The molecule has 0 aliphatic rings. The van der Waals surface area contributed by atoms with Crippen LogP contribution in [0.1, 0.15) is 17.1 Å². The van der Waals surface area contributed by atoms with Gasteiger partial charge in [-0.1, -0.05) is 23.2 Å². The summed E-state index contributed by atoms with van der Waals surface area (Å²) in [5.41, 5.74) is -0.955. The Labute approximate surface area is 180 Å². The van der Waals surface area contributed by atoms with Gasteiger partial charge in [0.1, 0.15) is 11.5 Å². The Morgan fingerprint density at radius 3 is 2.40 bits per heavy atom. The molecule has 0 saturated heterocycles. The largest absolute Gasteiger partial charge is 0.459 e. The average molecular weight is 477 g/mol. The number of sulfonamides is 1. The summed E-state index contributed by atoms with van der Waals surface area (Å²) in [4.78, 5) is 3.99. The lowest BCUT2D eigenvalue weighted by Crippen LogP contribution is -2.22. The summed E-state index contributed by atoms with van der Waals surface area (Å²) in [6.07, 6.45) is -3.37. The molecule has 5 nitrogen and oxygen atoms in total. The summed E-state index contributed by atoms with van der Waals surface area (Å²) in [5.74, 6) is 0.528. The summed E-state index contributed by atoms with van der Waals surface area (Å²) >= 11 is 11.3. The molecule has 0 unspecified atom stereocenters. The standard InChI is InChI=1S/C19H13Cl2F3N2O3S/c20-12-1-6-16(7-2-12)30(27,28)26-11-15-5-4-14(29-15)10-25-13-3-8-18(21)17(9-13)19(22,23)24/h1-10,26H,11H2. The third-order valence-corrected chi connectivity index (χ3v) is 5.84. The maximum Gasteiger partial charge on any atom is 0.417 e. The lowest BCUT2D eigenvalue weighted by molar-refractivity contribution is -0.137. The van der Waals surface area contributed by atoms with E-state index in [1.165, 1.54) is 48.7 Å². The number of rotatable bonds is 6. The van der Waals surface area contributed by atoms with Crippen LogP contribution in [-0.2, 0) is 22.7 Å². The first-order valence-electron chi connectivity index (χ1n) is 8.29. The molecular formula is C19H13Cl2F3N2O3S. The second-order valence-corrected chi connectivity index (χ2v) is 8.61. The number of halogens is 5. The van der Waals surface area contributed by atoms with Gasteiger partial charge < -0.3 is 4.42 Å². The molecule has 0 saturated carbocycles. The van der Waals surface area contributed by atoms with E-state index in [4.69, 9.17) is 27.6 Å². The number of benzene rings is 2. The minimum absolute atomic E-state index is 0.0353. The molecule has 0 amide bonds. The Hall–Kier alpha value is -2.33. The van der Waals surface area contributed by atoms with Gasteiger partial charge in [0.2, 0.25) is 10.0 Å². The van der Waals surface area contributed by atoms with Crippen molar-refractivity contribution in [2.24, 2.45) is 4.99 Å². The Morgan fingerprint density at radius 1 is 1.03 bits per heavy atom. The summed E-state index contributed by atoms with van der Waals surface area (Å²) in [6, 6.07) is 11.9. The van der Waals surface area contributed by atoms with Crippen molar-refractivity contribution in [2.75, 3.05) is 0 Å². The predicted molar refractivity (Wildman–Crippen MR) is 108 cm³/mol. The van der Waals surface area contributed by atoms with Crippen LogP contribution in [0.25, 0.3) is 0 Å². The number of aliphatic imine (C=N–C) groups is 1. The zero-order valence-electron chi connectivity index (χ0n) is 15.0. The normalized spacial score (nSPS) is 12.6. The van der Waals surface area contributed by atoms with E-state index in [2.05, 4.69) is 9.71 Å². The molecule has 0 bridgehead atoms. The molecule has 1 N–H and O–H groups in total. The molecule has 0 atom stereocenters. The van der Waals surface area contributed by atoms with E-state index >= 15 is 0 Å². The Balaban J connectivity index is 1.67. The van der Waals surface area contributed by atoms with Gasteiger partial charge in [-0.3, -0.25) is 4.99 Å². The molecule has 3 rings (SSSR count). The second-order valence-electron chi connectivity index (χ2n) is 6.00. The zero-order chi connectivity index (χ0) is 21.9. The van der Waals surface area contributed by atoms with Crippen LogP contribution in [0.2, 0.25) is 10.0 Å². The smallest absolute Gasteiger partial charge is 0.417 e. The fraction of sp³-hybridized carbons (Fsp3) is 0.105. The van der Waals surface area contributed by atoms with Gasteiger partial charge in [0, 0.05) is 5.02 Å². The molecule has 1 aromatic heterocycles. The quantitative estimate of drug-likeness (QED) is 0.454. The fourth-order valence-electron chi connectivity index (χ4n) is 2.37. The minimum atomic E-state index is -4.60. The highest BCUT2D eigenvalue weighted by atomic mass is 35.5. The van der Waals surface area contributed by atoms with Crippen molar-refractivity contribution in [1.29, 1.82) is 0 Å². The van der Waals surface area contributed by atoms with E-state index in [1.54, 1.807) is 0 Å². The topological polar surface area (TPSA) is 71.7 Å². The van der Waals surface area contributed by atoms with Crippen molar-refractivity contribution in [3.05, 3.63) is 81.7 Å². The molecule has 0 radical (unpaired) electrons. The number of nitrogens with one attached hydrogen (secondary N) is 1. The van der Waals surface area contributed by atoms with Gasteiger partial charge in [-0.2, -0.15) is 13.2 Å². The monoisotopic (exact) mass is 476 g/mol. The highest BCUT2D eigenvalue weighted by Crippen LogP contribution is 2.36. The number of hydrogen-bond donors (Lipinski definition) is 1. The number of hydrogen-bond acceptors (Lipinski definition) is 4. The molecule has 0 aliphatic heterocycles. The van der Waals surface area contributed by atoms with Gasteiger partial charge >= 0.3 is 6.18 Å². The highest BCUT2D eigenvalue weighted by Gasteiger charge is 2.33. The van der Waals surface area contributed by atoms with Gasteiger partial charge in [-0.15, -0.1) is 0 Å². The van der Waals surface area contributed by atoms with Crippen LogP contribution in [0, 0.1) is 0 Å². The molecule has 158 valence electrons. The van der Waals surface area contributed by atoms with Crippen LogP contribution in [0.4, 0.5) is 18.9 Å². The van der Waals surface area contributed by atoms with Crippen LogP contribution in [0.15, 0.2) is 68.9 Å². The number of alkyl halides is 3. The molecule has 11 heteroatoms. The van der Waals surface area contributed by atoms with Crippen molar-refractivity contribution in [3.8, 4) is 0 Å². The molecule has 3 aromatic rings. The fourth-order valence-corrected chi connectivity index (χ4v) is 3.72. The van der Waals surface area contributed by atoms with Gasteiger partial charge in [-0.25, -0.2) is 13.1 Å². The molecule has 0 fully saturated rings. The lowest BCUT2D eigenvalue weighted by Gasteiger charge is -2.08. The van der Waals surface area contributed by atoms with Crippen LogP contribution in [0.3, 0.4) is 0 Å². The molecule has 2 aromatic carbocycles. The molecule has 1 heterocycles. The molecule has 30 heavy (non-hydrogen) atoms. The van der Waals surface area contributed by atoms with E-state index in [1.807, 2.05) is 0 Å². The zero-order valence-corrected chi connectivity index (χ0v) is 17.3.